The van der Waals surface area contributed by atoms with Crippen LogP contribution in [-0.2, 0) is 9.59 Å². The van der Waals surface area contributed by atoms with Crippen LogP contribution in [0.2, 0.25) is 0 Å². The second-order valence-electron chi connectivity index (χ2n) is 6.14. The molecule has 1 heterocycles. The molecular formula is C13H24N2O3. The Morgan fingerprint density at radius 1 is 1.50 bits per heavy atom. The van der Waals surface area contributed by atoms with Crippen molar-refractivity contribution in [3.63, 3.8) is 0 Å². The summed E-state index contributed by atoms with van der Waals surface area (Å²) >= 11 is 0. The Labute approximate surface area is 109 Å². The topological polar surface area (TPSA) is 69.6 Å². The number of carbonyl (C=O) groups excluding carboxylic acids is 2. The molecule has 1 unspecified atom stereocenters. The molecule has 1 aliphatic rings. The van der Waals surface area contributed by atoms with Crippen molar-refractivity contribution in [1.29, 1.82) is 0 Å². The van der Waals surface area contributed by atoms with Gasteiger partial charge in [-0.25, -0.2) is 0 Å². The van der Waals surface area contributed by atoms with E-state index in [0.29, 0.717) is 19.4 Å². The molecular weight excluding hydrogens is 232 g/mol. The molecule has 1 rings (SSSR count). The van der Waals surface area contributed by atoms with Crippen LogP contribution in [0.3, 0.4) is 0 Å². The summed E-state index contributed by atoms with van der Waals surface area (Å²) in [6.07, 6.45) is 1.47. The minimum absolute atomic E-state index is 0.0368. The molecule has 0 saturated carbocycles. The molecule has 5 heteroatoms. The molecule has 0 aromatic heterocycles. The lowest BCUT2D eigenvalue weighted by molar-refractivity contribution is -0.133. The van der Waals surface area contributed by atoms with Gasteiger partial charge in [0, 0.05) is 19.5 Å². The molecule has 0 aromatic carbocycles. The average molecular weight is 256 g/mol. The molecule has 1 atom stereocenters. The molecule has 5 nitrogen and oxygen atoms in total. The van der Waals surface area contributed by atoms with E-state index in [9.17, 15) is 14.7 Å². The average Bonchev–Trinajstić information content (AvgIpc) is 2.59. The number of aliphatic hydroxyl groups excluding tert-OH is 1. The number of nitrogens with one attached hydrogen (secondary N) is 1. The highest BCUT2D eigenvalue weighted by atomic mass is 16.3. The molecule has 0 spiro atoms. The zero-order chi connectivity index (χ0) is 13.8. The van der Waals surface area contributed by atoms with Crippen LogP contribution in [-0.4, -0.2) is 47.6 Å². The Bertz CT molecular complexity index is 310. The largest absolute Gasteiger partial charge is 0.391 e. The van der Waals surface area contributed by atoms with E-state index >= 15 is 0 Å². The SMILES string of the molecule is CC(C)(C)CC(O)CNC(=O)CN1CCCC1=O. The number of carbonyl (C=O) groups is 2. The van der Waals surface area contributed by atoms with Crippen LogP contribution in [0.25, 0.3) is 0 Å². The first-order valence-corrected chi connectivity index (χ1v) is 6.50. The van der Waals surface area contributed by atoms with Gasteiger partial charge in [0.15, 0.2) is 0 Å². The number of amides is 2. The third-order valence-corrected chi connectivity index (χ3v) is 2.89. The second kappa shape index (κ2) is 6.18. The van der Waals surface area contributed by atoms with Crippen LogP contribution < -0.4 is 5.32 Å². The van der Waals surface area contributed by atoms with Crippen LogP contribution in [0.5, 0.6) is 0 Å². The van der Waals surface area contributed by atoms with Gasteiger partial charge in [0.05, 0.1) is 12.6 Å². The molecule has 2 N–H and O–H groups in total. The van der Waals surface area contributed by atoms with Gasteiger partial charge in [-0.2, -0.15) is 0 Å². The number of nitrogens with zero attached hydrogens (tertiary/aromatic N) is 1. The number of hydrogen-bond donors (Lipinski definition) is 2. The molecule has 104 valence electrons. The number of likely N-dealkylation sites (tertiary alicyclic amines) is 1. The first-order valence-electron chi connectivity index (χ1n) is 6.50. The maximum atomic E-state index is 11.6. The van der Waals surface area contributed by atoms with Gasteiger partial charge >= 0.3 is 0 Å². The van der Waals surface area contributed by atoms with Gasteiger partial charge in [0.2, 0.25) is 11.8 Å². The van der Waals surface area contributed by atoms with Crippen molar-refractivity contribution in [3.8, 4) is 0 Å². The van der Waals surface area contributed by atoms with Crippen molar-refractivity contribution in [2.24, 2.45) is 5.41 Å². The maximum Gasteiger partial charge on any atom is 0.239 e. The van der Waals surface area contributed by atoms with E-state index in [1.54, 1.807) is 4.90 Å². The van der Waals surface area contributed by atoms with E-state index in [1.807, 2.05) is 20.8 Å². The normalized spacial score (nSPS) is 18.0. The summed E-state index contributed by atoms with van der Waals surface area (Å²) in [5, 5.41) is 12.4. The van der Waals surface area contributed by atoms with Gasteiger partial charge in [0.1, 0.15) is 0 Å². The quantitative estimate of drug-likeness (QED) is 0.753. The minimum atomic E-state index is -0.539. The summed E-state index contributed by atoms with van der Waals surface area (Å²) in [5.41, 5.74) is 0.0368. The number of hydrogen-bond acceptors (Lipinski definition) is 3. The number of rotatable bonds is 5. The summed E-state index contributed by atoms with van der Waals surface area (Å²) in [6, 6.07) is 0. The van der Waals surface area contributed by atoms with Gasteiger partial charge in [-0.05, 0) is 18.3 Å². The fourth-order valence-electron chi connectivity index (χ4n) is 2.11. The molecule has 0 radical (unpaired) electrons. The monoisotopic (exact) mass is 256 g/mol. The minimum Gasteiger partial charge on any atom is -0.391 e. The summed E-state index contributed by atoms with van der Waals surface area (Å²) < 4.78 is 0. The van der Waals surface area contributed by atoms with Crippen molar-refractivity contribution in [1.82, 2.24) is 10.2 Å². The Balaban J connectivity index is 2.22. The van der Waals surface area contributed by atoms with Gasteiger partial charge in [-0.15, -0.1) is 0 Å². The van der Waals surface area contributed by atoms with Gasteiger partial charge in [-0.3, -0.25) is 9.59 Å². The van der Waals surface area contributed by atoms with E-state index < -0.39 is 6.10 Å². The van der Waals surface area contributed by atoms with Crippen LogP contribution in [0.4, 0.5) is 0 Å². The Kier molecular flexibility index (Phi) is 5.14. The first-order chi connectivity index (χ1) is 8.28. The number of aliphatic hydroxyl groups is 1. The van der Waals surface area contributed by atoms with Crippen molar-refractivity contribution in [2.45, 2.75) is 46.1 Å². The van der Waals surface area contributed by atoms with Crippen LogP contribution in [0, 0.1) is 5.41 Å². The van der Waals surface area contributed by atoms with Crippen molar-refractivity contribution >= 4 is 11.8 Å². The predicted octanol–water partition coefficient (Wildman–Crippen LogP) is 0.522. The highest BCUT2D eigenvalue weighted by molar-refractivity contribution is 5.85. The molecule has 0 bridgehead atoms. The second-order valence-corrected chi connectivity index (χ2v) is 6.14. The molecule has 0 aromatic rings. The smallest absolute Gasteiger partial charge is 0.239 e. The molecule has 0 aliphatic carbocycles. The van der Waals surface area contributed by atoms with E-state index in [2.05, 4.69) is 5.32 Å². The zero-order valence-corrected chi connectivity index (χ0v) is 11.5. The third kappa shape index (κ3) is 5.49. The van der Waals surface area contributed by atoms with E-state index in [-0.39, 0.29) is 30.3 Å². The molecule has 1 fully saturated rings. The van der Waals surface area contributed by atoms with Crippen molar-refractivity contribution in [2.75, 3.05) is 19.6 Å². The van der Waals surface area contributed by atoms with Gasteiger partial charge in [-0.1, -0.05) is 20.8 Å². The molecule has 1 aliphatic heterocycles. The van der Waals surface area contributed by atoms with E-state index in [1.165, 1.54) is 0 Å². The standard InChI is InChI=1S/C13H24N2O3/c1-13(2,3)7-10(16)8-14-11(17)9-15-6-4-5-12(15)18/h10,16H,4-9H2,1-3H3,(H,14,17). The molecule has 18 heavy (non-hydrogen) atoms. The fourth-order valence-corrected chi connectivity index (χ4v) is 2.11. The summed E-state index contributed by atoms with van der Waals surface area (Å²) in [5.74, 6) is -0.154. The summed E-state index contributed by atoms with van der Waals surface area (Å²) in [4.78, 5) is 24.5. The molecule has 1 saturated heterocycles. The Morgan fingerprint density at radius 2 is 2.17 bits per heavy atom. The maximum absolute atomic E-state index is 11.6. The van der Waals surface area contributed by atoms with Crippen molar-refractivity contribution in [3.05, 3.63) is 0 Å². The van der Waals surface area contributed by atoms with E-state index in [4.69, 9.17) is 0 Å². The van der Waals surface area contributed by atoms with E-state index in [0.717, 1.165) is 6.42 Å². The molecule has 2 amide bonds. The summed E-state index contributed by atoms with van der Waals surface area (Å²) in [6.45, 7) is 7.15. The first kappa shape index (κ1) is 15.0. The van der Waals surface area contributed by atoms with Gasteiger partial charge < -0.3 is 15.3 Å². The highest BCUT2D eigenvalue weighted by Gasteiger charge is 2.23. The van der Waals surface area contributed by atoms with Crippen LogP contribution >= 0.6 is 0 Å². The summed E-state index contributed by atoms with van der Waals surface area (Å²) in [7, 11) is 0. The lowest BCUT2D eigenvalue weighted by Crippen LogP contribution is -2.41. The fraction of sp³-hybridized carbons (Fsp3) is 0.846. The third-order valence-electron chi connectivity index (χ3n) is 2.89. The Hall–Kier alpha value is -1.10. The predicted molar refractivity (Wildman–Crippen MR) is 68.9 cm³/mol. The van der Waals surface area contributed by atoms with Crippen molar-refractivity contribution < 1.29 is 14.7 Å². The zero-order valence-electron chi connectivity index (χ0n) is 11.5. The van der Waals surface area contributed by atoms with Crippen LogP contribution in [0.1, 0.15) is 40.0 Å². The lowest BCUT2D eigenvalue weighted by Gasteiger charge is -2.23. The Morgan fingerprint density at radius 3 is 2.67 bits per heavy atom. The van der Waals surface area contributed by atoms with Crippen LogP contribution in [0.15, 0.2) is 0 Å². The lowest BCUT2D eigenvalue weighted by atomic mass is 9.89. The van der Waals surface area contributed by atoms with Gasteiger partial charge in [0.25, 0.3) is 0 Å². The highest BCUT2D eigenvalue weighted by Crippen LogP contribution is 2.20.